The smallest absolute Gasteiger partial charge is 0.267 e. The molecule has 3 rings (SSSR count). The Bertz CT molecular complexity index is 741. The number of H-pyrrole nitrogens is 1. The third-order valence-corrected chi connectivity index (χ3v) is 4.39. The van der Waals surface area contributed by atoms with Gasteiger partial charge in [0.15, 0.2) is 0 Å². The van der Waals surface area contributed by atoms with Crippen LogP contribution in [-0.4, -0.2) is 41.3 Å². The van der Waals surface area contributed by atoms with Crippen molar-refractivity contribution >= 4 is 22.7 Å². The molecule has 2 heterocycles. The average Bonchev–Trinajstić information content (AvgIpc) is 2.88. The molecular formula is C18H22FN3O2. The number of amides is 2. The van der Waals surface area contributed by atoms with Crippen LogP contribution in [0, 0.1) is 5.82 Å². The minimum atomic E-state index is -0.324. The number of carbonyl (C=O) groups is 2. The number of likely N-dealkylation sites (tertiary alicyclic amines) is 1. The first-order chi connectivity index (χ1) is 11.6. The van der Waals surface area contributed by atoms with Crippen molar-refractivity contribution in [1.29, 1.82) is 0 Å². The molecule has 1 aromatic heterocycles. The highest BCUT2D eigenvalue weighted by molar-refractivity contribution is 5.97. The van der Waals surface area contributed by atoms with Gasteiger partial charge in [-0.25, -0.2) is 4.39 Å². The lowest BCUT2D eigenvalue weighted by Crippen LogP contribution is -2.34. The van der Waals surface area contributed by atoms with Crippen LogP contribution in [0.3, 0.4) is 0 Å². The molecule has 6 heteroatoms. The van der Waals surface area contributed by atoms with Gasteiger partial charge in [-0.2, -0.15) is 0 Å². The summed E-state index contributed by atoms with van der Waals surface area (Å²) in [5.74, 6) is -0.319. The second-order valence-corrected chi connectivity index (χ2v) is 6.22. The van der Waals surface area contributed by atoms with Crippen LogP contribution < -0.4 is 5.32 Å². The monoisotopic (exact) mass is 331 g/mol. The van der Waals surface area contributed by atoms with E-state index in [1.54, 1.807) is 12.1 Å². The summed E-state index contributed by atoms with van der Waals surface area (Å²) in [6, 6.07) is 6.02. The summed E-state index contributed by atoms with van der Waals surface area (Å²) in [7, 11) is 0. The molecule has 2 N–H and O–H groups in total. The van der Waals surface area contributed by atoms with Gasteiger partial charge in [-0.1, -0.05) is 6.42 Å². The van der Waals surface area contributed by atoms with Crippen LogP contribution in [0.4, 0.5) is 4.39 Å². The molecule has 1 saturated heterocycles. The predicted molar refractivity (Wildman–Crippen MR) is 90.3 cm³/mol. The summed E-state index contributed by atoms with van der Waals surface area (Å²) in [6.45, 7) is 2.00. The number of hydrogen-bond donors (Lipinski definition) is 2. The highest BCUT2D eigenvalue weighted by atomic mass is 19.1. The molecule has 2 amide bonds. The fourth-order valence-electron chi connectivity index (χ4n) is 3.07. The van der Waals surface area contributed by atoms with Crippen LogP contribution in [0.5, 0.6) is 0 Å². The van der Waals surface area contributed by atoms with Crippen molar-refractivity contribution in [3.63, 3.8) is 0 Å². The van der Waals surface area contributed by atoms with Gasteiger partial charge in [0, 0.05) is 37.0 Å². The quantitative estimate of drug-likeness (QED) is 0.828. The zero-order valence-corrected chi connectivity index (χ0v) is 13.6. The molecule has 1 fully saturated rings. The van der Waals surface area contributed by atoms with Crippen molar-refractivity contribution in [2.24, 2.45) is 0 Å². The van der Waals surface area contributed by atoms with Crippen molar-refractivity contribution in [3.05, 3.63) is 35.8 Å². The molecular weight excluding hydrogens is 309 g/mol. The summed E-state index contributed by atoms with van der Waals surface area (Å²) in [4.78, 5) is 28.9. The first-order valence-corrected chi connectivity index (χ1v) is 8.48. The number of aromatic nitrogens is 1. The maximum atomic E-state index is 13.2. The Morgan fingerprint density at radius 2 is 2.12 bits per heavy atom. The summed E-state index contributed by atoms with van der Waals surface area (Å²) in [5.41, 5.74) is 1.15. The standard InChI is InChI=1S/C18H22FN3O2/c19-14-6-7-15-13(11-14)12-16(21-15)18(24)20-8-4-10-22-9-3-1-2-5-17(22)23/h6-7,11-12,21H,1-5,8-10H2,(H,20,24). The molecule has 128 valence electrons. The Balaban J connectivity index is 1.48. The molecule has 0 bridgehead atoms. The van der Waals surface area contributed by atoms with E-state index in [0.717, 1.165) is 37.7 Å². The largest absolute Gasteiger partial charge is 0.351 e. The molecule has 0 atom stereocenters. The van der Waals surface area contributed by atoms with E-state index in [9.17, 15) is 14.0 Å². The normalized spacial score (nSPS) is 15.5. The fraction of sp³-hybridized carbons (Fsp3) is 0.444. The first-order valence-electron chi connectivity index (χ1n) is 8.48. The van der Waals surface area contributed by atoms with Crippen molar-refractivity contribution < 1.29 is 14.0 Å². The van der Waals surface area contributed by atoms with Crippen molar-refractivity contribution in [1.82, 2.24) is 15.2 Å². The van der Waals surface area contributed by atoms with E-state index in [4.69, 9.17) is 0 Å². The van der Waals surface area contributed by atoms with E-state index in [1.165, 1.54) is 12.1 Å². The number of rotatable bonds is 5. The molecule has 24 heavy (non-hydrogen) atoms. The molecule has 0 spiro atoms. The number of hydrogen-bond acceptors (Lipinski definition) is 2. The fourth-order valence-corrected chi connectivity index (χ4v) is 3.07. The average molecular weight is 331 g/mol. The van der Waals surface area contributed by atoms with E-state index < -0.39 is 0 Å². The SMILES string of the molecule is O=C(NCCCN1CCCCCC1=O)c1cc2cc(F)ccc2[nH]1. The van der Waals surface area contributed by atoms with Gasteiger partial charge >= 0.3 is 0 Å². The van der Waals surface area contributed by atoms with Gasteiger partial charge in [0.05, 0.1) is 0 Å². The number of fused-ring (bicyclic) bond motifs is 1. The Morgan fingerprint density at radius 3 is 3.00 bits per heavy atom. The van der Waals surface area contributed by atoms with E-state index in [-0.39, 0.29) is 17.6 Å². The van der Waals surface area contributed by atoms with Gasteiger partial charge in [-0.15, -0.1) is 0 Å². The molecule has 0 aliphatic carbocycles. The van der Waals surface area contributed by atoms with Crippen LogP contribution >= 0.6 is 0 Å². The summed E-state index contributed by atoms with van der Waals surface area (Å²) >= 11 is 0. The molecule has 2 aromatic rings. The van der Waals surface area contributed by atoms with Crippen LogP contribution in [0.2, 0.25) is 0 Å². The van der Waals surface area contributed by atoms with Gasteiger partial charge < -0.3 is 15.2 Å². The Kier molecular flexibility index (Phi) is 5.13. The second kappa shape index (κ2) is 7.47. The Hall–Kier alpha value is -2.37. The van der Waals surface area contributed by atoms with Crippen molar-refractivity contribution in [2.45, 2.75) is 32.1 Å². The van der Waals surface area contributed by atoms with E-state index in [2.05, 4.69) is 10.3 Å². The number of halogens is 1. The van der Waals surface area contributed by atoms with Gasteiger partial charge in [-0.05, 0) is 43.5 Å². The van der Waals surface area contributed by atoms with Crippen molar-refractivity contribution in [2.75, 3.05) is 19.6 Å². The number of aromatic amines is 1. The molecule has 1 aliphatic heterocycles. The van der Waals surface area contributed by atoms with E-state index in [1.807, 2.05) is 4.90 Å². The second-order valence-electron chi connectivity index (χ2n) is 6.22. The lowest BCUT2D eigenvalue weighted by atomic mass is 10.2. The van der Waals surface area contributed by atoms with Gasteiger partial charge in [0.25, 0.3) is 5.91 Å². The molecule has 5 nitrogen and oxygen atoms in total. The zero-order chi connectivity index (χ0) is 16.9. The van der Waals surface area contributed by atoms with Gasteiger partial charge in [-0.3, -0.25) is 9.59 Å². The number of carbonyl (C=O) groups excluding carboxylic acids is 2. The Labute approximate surface area is 140 Å². The van der Waals surface area contributed by atoms with Gasteiger partial charge in [0.2, 0.25) is 5.91 Å². The highest BCUT2D eigenvalue weighted by Gasteiger charge is 2.16. The number of nitrogens with one attached hydrogen (secondary N) is 2. The third-order valence-electron chi connectivity index (χ3n) is 4.39. The lowest BCUT2D eigenvalue weighted by Gasteiger charge is -2.20. The maximum Gasteiger partial charge on any atom is 0.267 e. The zero-order valence-electron chi connectivity index (χ0n) is 13.6. The summed E-state index contributed by atoms with van der Waals surface area (Å²) < 4.78 is 13.2. The summed E-state index contributed by atoms with van der Waals surface area (Å²) in [6.07, 6.45) is 4.51. The molecule has 0 saturated carbocycles. The van der Waals surface area contributed by atoms with E-state index in [0.29, 0.717) is 30.6 Å². The minimum Gasteiger partial charge on any atom is -0.351 e. The third kappa shape index (κ3) is 3.93. The first kappa shape index (κ1) is 16.5. The van der Waals surface area contributed by atoms with Crippen molar-refractivity contribution in [3.8, 4) is 0 Å². The molecule has 0 radical (unpaired) electrons. The molecule has 1 aromatic carbocycles. The van der Waals surface area contributed by atoms with Crippen LogP contribution in [0.25, 0.3) is 10.9 Å². The number of nitrogens with zero attached hydrogens (tertiary/aromatic N) is 1. The topological polar surface area (TPSA) is 65.2 Å². The van der Waals surface area contributed by atoms with Crippen LogP contribution in [0.15, 0.2) is 24.3 Å². The molecule has 1 aliphatic rings. The Morgan fingerprint density at radius 1 is 1.25 bits per heavy atom. The number of benzene rings is 1. The van der Waals surface area contributed by atoms with Crippen LogP contribution in [0.1, 0.15) is 42.6 Å². The molecule has 0 unspecified atom stereocenters. The minimum absolute atomic E-state index is 0.214. The predicted octanol–water partition coefficient (Wildman–Crippen LogP) is 2.83. The lowest BCUT2D eigenvalue weighted by molar-refractivity contribution is -0.130. The maximum absolute atomic E-state index is 13.2. The highest BCUT2D eigenvalue weighted by Crippen LogP contribution is 2.16. The van der Waals surface area contributed by atoms with Crippen LogP contribution in [-0.2, 0) is 4.79 Å². The van der Waals surface area contributed by atoms with Gasteiger partial charge in [0.1, 0.15) is 11.5 Å². The summed E-state index contributed by atoms with van der Waals surface area (Å²) in [5, 5.41) is 3.52. The van der Waals surface area contributed by atoms with E-state index >= 15 is 0 Å².